The molecule has 2 heterocycles. The maximum atomic E-state index is 14.0. The fourth-order valence-electron chi connectivity index (χ4n) is 3.09. The summed E-state index contributed by atoms with van der Waals surface area (Å²) in [6, 6.07) is 19.0. The van der Waals surface area contributed by atoms with Crippen molar-refractivity contribution in [1.82, 2.24) is 20.5 Å². The molecule has 0 aliphatic rings. The smallest absolute Gasteiger partial charge is 0.254 e. The van der Waals surface area contributed by atoms with Crippen LogP contribution in [0.2, 0.25) is 0 Å². The predicted octanol–water partition coefficient (Wildman–Crippen LogP) is 3.81. The zero-order valence-corrected chi connectivity index (χ0v) is 14.4. The Morgan fingerprint density at radius 2 is 1.81 bits per heavy atom. The molecule has 0 fully saturated rings. The minimum atomic E-state index is -0.551. The number of aromatic nitrogens is 3. The van der Waals surface area contributed by atoms with Crippen molar-refractivity contribution in [2.75, 3.05) is 0 Å². The highest BCUT2D eigenvalue weighted by Gasteiger charge is 2.22. The van der Waals surface area contributed by atoms with Crippen LogP contribution in [0.15, 0.2) is 72.9 Å². The van der Waals surface area contributed by atoms with Crippen LogP contribution in [0.5, 0.6) is 0 Å². The van der Waals surface area contributed by atoms with Crippen molar-refractivity contribution in [3.8, 4) is 0 Å². The van der Waals surface area contributed by atoms with E-state index in [1.54, 1.807) is 18.3 Å². The topological polar surface area (TPSA) is 70.7 Å². The summed E-state index contributed by atoms with van der Waals surface area (Å²) < 4.78 is 14.0. The molecule has 134 valence electrons. The molecule has 0 aliphatic carbocycles. The van der Waals surface area contributed by atoms with Gasteiger partial charge in [-0.15, -0.1) is 0 Å². The van der Waals surface area contributed by atoms with E-state index in [1.807, 2.05) is 42.5 Å². The number of carbonyl (C=O) groups excluding carboxylic acids is 1. The summed E-state index contributed by atoms with van der Waals surface area (Å²) in [6.07, 6.45) is 2.20. The van der Waals surface area contributed by atoms with E-state index in [1.165, 1.54) is 12.1 Å². The van der Waals surface area contributed by atoms with Crippen molar-refractivity contribution in [2.45, 2.75) is 12.5 Å². The number of fused-ring (bicyclic) bond motifs is 1. The van der Waals surface area contributed by atoms with Gasteiger partial charge in [0.1, 0.15) is 5.82 Å². The molecule has 0 bridgehead atoms. The minimum Gasteiger partial charge on any atom is -0.343 e. The highest BCUT2D eigenvalue weighted by molar-refractivity contribution is 5.95. The summed E-state index contributed by atoms with van der Waals surface area (Å²) >= 11 is 0. The third kappa shape index (κ3) is 3.55. The molecule has 6 heteroatoms. The molecule has 0 saturated carbocycles. The Kier molecular flexibility index (Phi) is 4.61. The van der Waals surface area contributed by atoms with Gasteiger partial charge in [-0.25, -0.2) is 9.37 Å². The zero-order chi connectivity index (χ0) is 18.6. The number of carbonyl (C=O) groups is 1. The number of nitrogens with one attached hydrogen (secondary N) is 2. The molecule has 5 nitrogen and oxygen atoms in total. The first-order valence-corrected chi connectivity index (χ1v) is 8.60. The van der Waals surface area contributed by atoms with E-state index >= 15 is 0 Å². The SMILES string of the molecule is O=C(N[C@H](Cc1ccccc1)c1[nH]nc2ncccc12)c1ccccc1F. The molecular formula is C21H17FN4O. The number of aromatic amines is 1. The quantitative estimate of drug-likeness (QED) is 0.568. The minimum absolute atomic E-state index is 0.0116. The monoisotopic (exact) mass is 360 g/mol. The van der Waals surface area contributed by atoms with Gasteiger partial charge in [0.05, 0.1) is 17.3 Å². The van der Waals surface area contributed by atoms with Gasteiger partial charge in [0.15, 0.2) is 5.65 Å². The summed E-state index contributed by atoms with van der Waals surface area (Å²) in [4.78, 5) is 16.9. The summed E-state index contributed by atoms with van der Waals surface area (Å²) in [5.41, 5.74) is 2.37. The second-order valence-corrected chi connectivity index (χ2v) is 6.21. The van der Waals surface area contributed by atoms with Gasteiger partial charge in [0.25, 0.3) is 5.91 Å². The lowest BCUT2D eigenvalue weighted by atomic mass is 10.0. The Labute approximate surface area is 155 Å². The van der Waals surface area contributed by atoms with E-state index < -0.39 is 17.8 Å². The number of hydrogen-bond acceptors (Lipinski definition) is 3. The van der Waals surface area contributed by atoms with E-state index in [-0.39, 0.29) is 5.56 Å². The maximum absolute atomic E-state index is 14.0. The molecule has 2 aromatic heterocycles. The van der Waals surface area contributed by atoms with Gasteiger partial charge >= 0.3 is 0 Å². The highest BCUT2D eigenvalue weighted by Crippen LogP contribution is 2.24. The molecule has 2 aromatic carbocycles. The highest BCUT2D eigenvalue weighted by atomic mass is 19.1. The molecule has 2 N–H and O–H groups in total. The Morgan fingerprint density at radius 1 is 1.04 bits per heavy atom. The van der Waals surface area contributed by atoms with Gasteiger partial charge in [0.2, 0.25) is 0 Å². The molecular weight excluding hydrogens is 343 g/mol. The van der Waals surface area contributed by atoms with Crippen molar-refractivity contribution in [3.63, 3.8) is 0 Å². The number of hydrogen-bond donors (Lipinski definition) is 2. The largest absolute Gasteiger partial charge is 0.343 e. The summed E-state index contributed by atoms with van der Waals surface area (Å²) in [7, 11) is 0. The zero-order valence-electron chi connectivity index (χ0n) is 14.4. The first-order valence-electron chi connectivity index (χ1n) is 8.60. The first kappa shape index (κ1) is 16.9. The average molecular weight is 360 g/mol. The number of H-pyrrole nitrogens is 1. The van der Waals surface area contributed by atoms with Gasteiger partial charge in [-0.2, -0.15) is 5.10 Å². The number of halogens is 1. The molecule has 4 aromatic rings. The van der Waals surface area contributed by atoms with Crippen LogP contribution in [0.4, 0.5) is 4.39 Å². The van der Waals surface area contributed by atoms with Gasteiger partial charge in [-0.05, 0) is 36.2 Å². The second-order valence-electron chi connectivity index (χ2n) is 6.21. The van der Waals surface area contributed by atoms with Crippen LogP contribution in [0.25, 0.3) is 11.0 Å². The van der Waals surface area contributed by atoms with E-state index in [4.69, 9.17) is 0 Å². The summed E-state index contributed by atoms with van der Waals surface area (Å²) in [6.45, 7) is 0. The van der Waals surface area contributed by atoms with Gasteiger partial charge in [0, 0.05) is 11.6 Å². The molecule has 0 aliphatic heterocycles. The molecule has 1 amide bonds. The Balaban J connectivity index is 1.70. The third-order valence-electron chi connectivity index (χ3n) is 4.41. The molecule has 4 rings (SSSR count). The third-order valence-corrected chi connectivity index (χ3v) is 4.41. The fourth-order valence-corrected chi connectivity index (χ4v) is 3.09. The van der Waals surface area contributed by atoms with Crippen molar-refractivity contribution < 1.29 is 9.18 Å². The lowest BCUT2D eigenvalue weighted by Gasteiger charge is -2.18. The fraction of sp³-hybridized carbons (Fsp3) is 0.0952. The molecule has 0 radical (unpaired) electrons. The van der Waals surface area contributed by atoms with Crippen LogP contribution in [0, 0.1) is 5.82 Å². The van der Waals surface area contributed by atoms with E-state index in [0.717, 1.165) is 16.6 Å². The van der Waals surface area contributed by atoms with E-state index in [9.17, 15) is 9.18 Å². The predicted molar refractivity (Wildman–Crippen MR) is 101 cm³/mol. The van der Waals surface area contributed by atoms with Crippen LogP contribution in [0.3, 0.4) is 0 Å². The molecule has 27 heavy (non-hydrogen) atoms. The maximum Gasteiger partial charge on any atom is 0.254 e. The molecule has 0 saturated heterocycles. The Hall–Kier alpha value is -3.54. The van der Waals surface area contributed by atoms with Gasteiger partial charge in [-0.3, -0.25) is 9.89 Å². The van der Waals surface area contributed by atoms with Crippen molar-refractivity contribution in [2.24, 2.45) is 0 Å². The lowest BCUT2D eigenvalue weighted by molar-refractivity contribution is 0.0932. The van der Waals surface area contributed by atoms with Crippen molar-refractivity contribution in [1.29, 1.82) is 0 Å². The van der Waals surface area contributed by atoms with E-state index in [2.05, 4.69) is 20.5 Å². The number of benzene rings is 2. The lowest BCUT2D eigenvalue weighted by Crippen LogP contribution is -2.31. The average Bonchev–Trinajstić information content (AvgIpc) is 3.13. The molecule has 1 atom stereocenters. The van der Waals surface area contributed by atoms with Crippen LogP contribution >= 0.6 is 0 Å². The molecule has 0 spiro atoms. The first-order chi connectivity index (χ1) is 13.2. The second kappa shape index (κ2) is 7.37. The summed E-state index contributed by atoms with van der Waals surface area (Å²) in [5, 5.41) is 11.0. The number of pyridine rings is 1. The number of rotatable bonds is 5. The van der Waals surface area contributed by atoms with Crippen molar-refractivity contribution in [3.05, 3.63) is 95.6 Å². The molecule has 0 unspecified atom stereocenters. The van der Waals surface area contributed by atoms with Gasteiger partial charge in [-0.1, -0.05) is 42.5 Å². The van der Waals surface area contributed by atoms with Crippen LogP contribution < -0.4 is 5.32 Å². The standard InChI is InChI=1S/C21H17FN4O/c22-17-11-5-4-9-15(17)21(27)24-18(13-14-7-2-1-3-8-14)19-16-10-6-12-23-20(16)26-25-19/h1-12,18H,13H2,(H,24,27)(H,23,25,26)/t18-/m1/s1. The Bertz CT molecular complexity index is 1080. The van der Waals surface area contributed by atoms with E-state index in [0.29, 0.717) is 12.1 Å². The van der Waals surface area contributed by atoms with Gasteiger partial charge < -0.3 is 5.32 Å². The van der Waals surface area contributed by atoms with Crippen LogP contribution in [0.1, 0.15) is 27.7 Å². The van der Waals surface area contributed by atoms with Crippen molar-refractivity contribution >= 4 is 16.9 Å². The number of amides is 1. The summed E-state index contributed by atoms with van der Waals surface area (Å²) in [5.74, 6) is -1.02. The van der Waals surface area contributed by atoms with Crippen LogP contribution in [-0.2, 0) is 6.42 Å². The normalized spacial score (nSPS) is 12.0. The van der Waals surface area contributed by atoms with Crippen LogP contribution in [-0.4, -0.2) is 21.1 Å². The number of nitrogens with zero attached hydrogens (tertiary/aromatic N) is 2. The Morgan fingerprint density at radius 3 is 2.63 bits per heavy atom.